The van der Waals surface area contributed by atoms with Gasteiger partial charge in [-0.1, -0.05) is 47.6 Å². The molecule has 2 aromatic carbocycles. The van der Waals surface area contributed by atoms with Gasteiger partial charge in [-0.05, 0) is 49.5 Å². The smallest absolute Gasteiger partial charge is 0.151 e. The number of likely N-dealkylation sites (tertiary alicyclic amines) is 1. The Labute approximate surface area is 154 Å². The second-order valence-corrected chi connectivity index (χ2v) is 6.84. The van der Waals surface area contributed by atoms with Crippen molar-refractivity contribution in [2.24, 2.45) is 0 Å². The van der Waals surface area contributed by atoms with Crippen molar-refractivity contribution in [3.8, 4) is 17.0 Å². The molecule has 0 saturated carbocycles. The lowest BCUT2D eigenvalue weighted by atomic mass is 9.89. The van der Waals surface area contributed by atoms with E-state index in [0.717, 1.165) is 42.4 Å². The molecule has 1 aliphatic rings. The van der Waals surface area contributed by atoms with Gasteiger partial charge in [-0.2, -0.15) is 0 Å². The topological polar surface area (TPSA) is 38.5 Å². The third-order valence-corrected chi connectivity index (χ3v) is 5.18. The normalized spacial score (nSPS) is 15.9. The van der Waals surface area contributed by atoms with E-state index in [9.17, 15) is 0 Å². The van der Waals surface area contributed by atoms with Gasteiger partial charge in [0.05, 0.1) is 13.7 Å². The molecule has 0 bridgehead atoms. The van der Waals surface area contributed by atoms with Gasteiger partial charge in [0.1, 0.15) is 11.4 Å². The Kier molecular flexibility index (Phi) is 5.02. The summed E-state index contributed by atoms with van der Waals surface area (Å²) in [5.74, 6) is 2.39. The quantitative estimate of drug-likeness (QED) is 0.668. The van der Waals surface area contributed by atoms with Crippen LogP contribution in [-0.4, -0.2) is 30.3 Å². The molecule has 134 valence electrons. The summed E-state index contributed by atoms with van der Waals surface area (Å²) < 4.78 is 11.0. The van der Waals surface area contributed by atoms with Crippen LogP contribution in [0.15, 0.2) is 65.2 Å². The number of methoxy groups -OCH3 is 1. The third kappa shape index (κ3) is 3.65. The zero-order chi connectivity index (χ0) is 17.8. The van der Waals surface area contributed by atoms with Crippen molar-refractivity contribution >= 4 is 0 Å². The molecule has 0 aliphatic carbocycles. The molecule has 1 fully saturated rings. The third-order valence-electron chi connectivity index (χ3n) is 5.18. The molecule has 26 heavy (non-hydrogen) atoms. The predicted octanol–water partition coefficient (Wildman–Crippen LogP) is 4.73. The van der Waals surface area contributed by atoms with Crippen LogP contribution < -0.4 is 4.74 Å². The maximum Gasteiger partial charge on any atom is 0.151 e. The van der Waals surface area contributed by atoms with Crippen LogP contribution in [0, 0.1) is 0 Å². The van der Waals surface area contributed by atoms with Crippen molar-refractivity contribution in [1.29, 1.82) is 0 Å². The van der Waals surface area contributed by atoms with Crippen LogP contribution in [0.2, 0.25) is 0 Å². The molecular weight excluding hydrogens is 324 g/mol. The molecule has 0 unspecified atom stereocenters. The van der Waals surface area contributed by atoms with Crippen LogP contribution in [0.25, 0.3) is 11.3 Å². The van der Waals surface area contributed by atoms with Crippen LogP contribution in [0.4, 0.5) is 0 Å². The van der Waals surface area contributed by atoms with E-state index < -0.39 is 0 Å². The van der Waals surface area contributed by atoms with E-state index in [4.69, 9.17) is 9.26 Å². The fraction of sp³-hybridized carbons (Fsp3) is 0.318. The lowest BCUT2D eigenvalue weighted by Crippen LogP contribution is -2.32. The number of hydrogen-bond donors (Lipinski definition) is 0. The van der Waals surface area contributed by atoms with Gasteiger partial charge in [-0.25, -0.2) is 0 Å². The van der Waals surface area contributed by atoms with Crippen LogP contribution >= 0.6 is 0 Å². The molecule has 0 atom stereocenters. The number of rotatable bonds is 5. The van der Waals surface area contributed by atoms with Crippen molar-refractivity contribution in [1.82, 2.24) is 10.1 Å². The highest BCUT2D eigenvalue weighted by Gasteiger charge is 2.22. The Balaban J connectivity index is 1.38. The monoisotopic (exact) mass is 348 g/mol. The van der Waals surface area contributed by atoms with Crippen molar-refractivity contribution < 1.29 is 9.26 Å². The zero-order valence-electron chi connectivity index (χ0n) is 15.1. The van der Waals surface area contributed by atoms with Gasteiger partial charge in [0.2, 0.25) is 0 Å². The molecule has 2 heterocycles. The van der Waals surface area contributed by atoms with Gasteiger partial charge in [0, 0.05) is 11.6 Å². The van der Waals surface area contributed by atoms with Gasteiger partial charge in [-0.3, -0.25) is 4.90 Å². The fourth-order valence-electron chi connectivity index (χ4n) is 3.74. The molecule has 4 heteroatoms. The summed E-state index contributed by atoms with van der Waals surface area (Å²) in [5, 5.41) is 4.24. The van der Waals surface area contributed by atoms with Crippen molar-refractivity contribution in [3.05, 3.63) is 72.0 Å². The van der Waals surface area contributed by atoms with Gasteiger partial charge in [0.25, 0.3) is 0 Å². The highest BCUT2D eigenvalue weighted by Crippen LogP contribution is 2.31. The number of nitrogens with zero attached hydrogens (tertiary/aromatic N) is 2. The first kappa shape index (κ1) is 16.9. The van der Waals surface area contributed by atoms with E-state index in [0.29, 0.717) is 5.92 Å². The molecule has 4 nitrogen and oxygen atoms in total. The summed E-state index contributed by atoms with van der Waals surface area (Å²) in [7, 11) is 1.68. The highest BCUT2D eigenvalue weighted by atomic mass is 16.5. The number of ether oxygens (including phenoxy) is 1. The fourth-order valence-corrected chi connectivity index (χ4v) is 3.74. The van der Waals surface area contributed by atoms with Crippen LogP contribution in [0.5, 0.6) is 5.75 Å². The molecule has 1 saturated heterocycles. The van der Waals surface area contributed by atoms with E-state index in [1.54, 1.807) is 7.11 Å². The van der Waals surface area contributed by atoms with Crippen LogP contribution in [-0.2, 0) is 6.54 Å². The Bertz CT molecular complexity index is 836. The van der Waals surface area contributed by atoms with Gasteiger partial charge in [0.15, 0.2) is 5.76 Å². The predicted molar refractivity (Wildman–Crippen MR) is 102 cm³/mol. The van der Waals surface area contributed by atoms with Crippen LogP contribution in [0.3, 0.4) is 0 Å². The lowest BCUT2D eigenvalue weighted by Gasteiger charge is -2.31. The minimum atomic E-state index is 0.673. The first-order chi connectivity index (χ1) is 12.8. The number of para-hydroxylation sites is 1. The maximum atomic E-state index is 5.59. The van der Waals surface area contributed by atoms with E-state index in [2.05, 4.69) is 40.4 Å². The number of piperidine rings is 1. The van der Waals surface area contributed by atoms with Gasteiger partial charge in [-0.15, -0.1) is 0 Å². The summed E-state index contributed by atoms with van der Waals surface area (Å²) in [6.45, 7) is 2.98. The largest absolute Gasteiger partial charge is 0.496 e. The molecule has 0 N–H and O–H groups in total. The number of benzene rings is 2. The van der Waals surface area contributed by atoms with Crippen molar-refractivity contribution in [2.45, 2.75) is 25.3 Å². The minimum Gasteiger partial charge on any atom is -0.496 e. The van der Waals surface area contributed by atoms with Crippen molar-refractivity contribution in [3.63, 3.8) is 0 Å². The average Bonchev–Trinajstić information content (AvgIpc) is 3.17. The SMILES string of the molecule is COc1ccccc1-c1cc(CN2CCC(c3ccccc3)CC2)on1. The van der Waals surface area contributed by atoms with E-state index in [1.165, 1.54) is 18.4 Å². The average molecular weight is 348 g/mol. The summed E-state index contributed by atoms with van der Waals surface area (Å²) in [4.78, 5) is 2.45. The molecule has 1 aliphatic heterocycles. The maximum absolute atomic E-state index is 5.59. The summed E-state index contributed by atoms with van der Waals surface area (Å²) in [5.41, 5.74) is 3.26. The van der Waals surface area contributed by atoms with E-state index in [1.807, 2.05) is 30.3 Å². The number of hydrogen-bond acceptors (Lipinski definition) is 4. The Morgan fingerprint density at radius 2 is 1.77 bits per heavy atom. The van der Waals surface area contributed by atoms with E-state index in [-0.39, 0.29) is 0 Å². The van der Waals surface area contributed by atoms with E-state index >= 15 is 0 Å². The molecule has 3 aromatic rings. The Morgan fingerprint density at radius 1 is 1.04 bits per heavy atom. The molecule has 4 rings (SSSR count). The summed E-state index contributed by atoms with van der Waals surface area (Å²) in [6, 6.07) is 20.8. The molecule has 0 radical (unpaired) electrons. The van der Waals surface area contributed by atoms with Gasteiger partial charge >= 0.3 is 0 Å². The van der Waals surface area contributed by atoms with Crippen LogP contribution in [0.1, 0.15) is 30.1 Å². The first-order valence-corrected chi connectivity index (χ1v) is 9.20. The first-order valence-electron chi connectivity index (χ1n) is 9.20. The molecule has 1 aromatic heterocycles. The van der Waals surface area contributed by atoms with Gasteiger partial charge < -0.3 is 9.26 Å². The zero-order valence-corrected chi connectivity index (χ0v) is 15.1. The summed E-state index contributed by atoms with van der Waals surface area (Å²) in [6.07, 6.45) is 2.38. The molecular formula is C22H24N2O2. The second kappa shape index (κ2) is 7.75. The summed E-state index contributed by atoms with van der Waals surface area (Å²) >= 11 is 0. The standard InChI is InChI=1S/C22H24N2O2/c1-25-22-10-6-5-9-20(22)21-15-19(26-23-21)16-24-13-11-18(12-14-24)17-7-3-2-4-8-17/h2-10,15,18H,11-14,16H2,1H3. The Hall–Kier alpha value is -2.59. The second-order valence-electron chi connectivity index (χ2n) is 6.84. The Morgan fingerprint density at radius 3 is 2.54 bits per heavy atom. The molecule has 0 amide bonds. The minimum absolute atomic E-state index is 0.673. The lowest BCUT2D eigenvalue weighted by molar-refractivity contribution is 0.184. The van der Waals surface area contributed by atoms with Crippen molar-refractivity contribution in [2.75, 3.05) is 20.2 Å². The number of aromatic nitrogens is 1. The highest BCUT2D eigenvalue weighted by molar-refractivity contribution is 5.66. The molecule has 0 spiro atoms.